The fraction of sp³-hybridized carbons (Fsp3) is 0.0870. The molecular weight excluding hydrogens is 370 g/mol. The molecule has 0 aromatic heterocycles. The van der Waals surface area contributed by atoms with Crippen LogP contribution in [0.25, 0.3) is 11.6 Å². The van der Waals surface area contributed by atoms with Crippen LogP contribution in [0.4, 0.5) is 0 Å². The number of allylic oxidation sites excluding steroid dienone is 1. The van der Waals surface area contributed by atoms with Crippen molar-refractivity contribution in [3.05, 3.63) is 95.1 Å². The van der Waals surface area contributed by atoms with E-state index in [2.05, 4.69) is 6.07 Å². The third kappa shape index (κ3) is 4.67. The molecule has 0 amide bonds. The topological polar surface area (TPSA) is 67.2 Å². The fourth-order valence-electron chi connectivity index (χ4n) is 2.62. The van der Waals surface area contributed by atoms with Crippen molar-refractivity contribution in [2.45, 2.75) is 18.7 Å². The van der Waals surface area contributed by atoms with Gasteiger partial charge in [0.05, 0.1) is 11.6 Å². The molecule has 3 aromatic carbocycles. The highest BCUT2D eigenvalue weighted by Gasteiger charge is 2.16. The summed E-state index contributed by atoms with van der Waals surface area (Å²) in [6.07, 6.45) is 1.70. The van der Waals surface area contributed by atoms with Gasteiger partial charge in [-0.05, 0) is 55.3 Å². The van der Waals surface area contributed by atoms with Crippen LogP contribution in [0.1, 0.15) is 22.3 Å². The molecule has 0 saturated heterocycles. The quantitative estimate of drug-likeness (QED) is 0.344. The van der Waals surface area contributed by atoms with Gasteiger partial charge in [0, 0.05) is 0 Å². The maximum Gasteiger partial charge on any atom is 0.339 e. The van der Waals surface area contributed by atoms with Crippen LogP contribution in [0, 0.1) is 25.2 Å². The molecule has 0 unspecified atom stereocenters. The van der Waals surface area contributed by atoms with E-state index in [4.69, 9.17) is 4.18 Å². The van der Waals surface area contributed by atoms with Crippen LogP contribution < -0.4 is 4.18 Å². The smallest absolute Gasteiger partial charge is 0.339 e. The molecule has 0 aliphatic rings. The zero-order valence-electron chi connectivity index (χ0n) is 15.6. The SMILES string of the molecule is Cc1ccc(/C(C#N)=C/c2cccc(OS(=O)(=O)c3ccc(C)cc3)c2)cc1. The van der Waals surface area contributed by atoms with Gasteiger partial charge in [0.2, 0.25) is 0 Å². The molecule has 4 nitrogen and oxygen atoms in total. The van der Waals surface area contributed by atoms with Crippen LogP contribution in [0.3, 0.4) is 0 Å². The molecule has 0 N–H and O–H groups in total. The Labute approximate surface area is 165 Å². The van der Waals surface area contributed by atoms with E-state index >= 15 is 0 Å². The van der Waals surface area contributed by atoms with Gasteiger partial charge in [0.1, 0.15) is 10.6 Å². The summed E-state index contributed by atoms with van der Waals surface area (Å²) in [5, 5.41) is 9.49. The van der Waals surface area contributed by atoms with E-state index in [1.807, 2.05) is 38.1 Å². The molecule has 0 spiro atoms. The van der Waals surface area contributed by atoms with Crippen molar-refractivity contribution in [1.29, 1.82) is 5.26 Å². The second kappa shape index (κ2) is 8.12. The summed E-state index contributed by atoms with van der Waals surface area (Å²) in [5.74, 6) is 0.190. The molecule has 0 aliphatic heterocycles. The van der Waals surface area contributed by atoms with Gasteiger partial charge in [-0.25, -0.2) is 0 Å². The Bertz CT molecular complexity index is 1150. The minimum Gasteiger partial charge on any atom is -0.379 e. The Morgan fingerprint density at radius 3 is 2.14 bits per heavy atom. The van der Waals surface area contributed by atoms with Crippen molar-refractivity contribution < 1.29 is 12.6 Å². The van der Waals surface area contributed by atoms with Gasteiger partial charge in [0.25, 0.3) is 0 Å². The van der Waals surface area contributed by atoms with Gasteiger partial charge in [0.15, 0.2) is 0 Å². The van der Waals surface area contributed by atoms with Crippen molar-refractivity contribution in [2.75, 3.05) is 0 Å². The largest absolute Gasteiger partial charge is 0.379 e. The van der Waals surface area contributed by atoms with Gasteiger partial charge < -0.3 is 4.18 Å². The third-order valence-corrected chi connectivity index (χ3v) is 5.43. The molecule has 28 heavy (non-hydrogen) atoms. The Hall–Kier alpha value is -3.36. The van der Waals surface area contributed by atoms with E-state index in [1.54, 1.807) is 42.5 Å². The molecule has 140 valence electrons. The second-order valence-corrected chi connectivity index (χ2v) is 8.01. The van der Waals surface area contributed by atoms with Gasteiger partial charge in [-0.15, -0.1) is 0 Å². The Balaban J connectivity index is 1.88. The third-order valence-electron chi connectivity index (χ3n) is 4.17. The first kappa shape index (κ1) is 19.4. The molecule has 0 heterocycles. The molecule has 3 rings (SSSR count). The number of nitriles is 1. The van der Waals surface area contributed by atoms with Crippen LogP contribution >= 0.6 is 0 Å². The fourth-order valence-corrected chi connectivity index (χ4v) is 3.54. The molecule has 0 fully saturated rings. The molecule has 0 bridgehead atoms. The normalized spacial score (nSPS) is 11.7. The van der Waals surface area contributed by atoms with E-state index in [0.717, 1.165) is 16.7 Å². The lowest BCUT2D eigenvalue weighted by Crippen LogP contribution is -2.09. The van der Waals surface area contributed by atoms with E-state index in [1.165, 1.54) is 12.1 Å². The predicted molar refractivity (Wildman–Crippen MR) is 110 cm³/mol. The first-order chi connectivity index (χ1) is 13.4. The number of rotatable bonds is 5. The molecule has 0 aliphatic carbocycles. The maximum absolute atomic E-state index is 12.5. The first-order valence-corrected chi connectivity index (χ1v) is 10.1. The van der Waals surface area contributed by atoms with Crippen molar-refractivity contribution in [3.63, 3.8) is 0 Å². The minimum absolute atomic E-state index is 0.0939. The first-order valence-electron chi connectivity index (χ1n) is 8.67. The van der Waals surface area contributed by atoms with E-state index in [0.29, 0.717) is 11.1 Å². The van der Waals surface area contributed by atoms with Crippen LogP contribution in [0.2, 0.25) is 0 Å². The lowest BCUT2D eigenvalue weighted by molar-refractivity contribution is 0.486. The van der Waals surface area contributed by atoms with Gasteiger partial charge in [-0.1, -0.05) is 59.7 Å². The molecule has 0 radical (unpaired) electrons. The number of benzene rings is 3. The van der Waals surface area contributed by atoms with Crippen LogP contribution in [0.15, 0.2) is 77.7 Å². The molecule has 3 aromatic rings. The van der Waals surface area contributed by atoms with Crippen molar-refractivity contribution in [1.82, 2.24) is 0 Å². The average Bonchev–Trinajstić information content (AvgIpc) is 2.67. The van der Waals surface area contributed by atoms with Crippen molar-refractivity contribution >= 4 is 21.8 Å². The summed E-state index contributed by atoms with van der Waals surface area (Å²) in [6.45, 7) is 3.86. The monoisotopic (exact) mass is 389 g/mol. The minimum atomic E-state index is -3.92. The molecule has 5 heteroatoms. The van der Waals surface area contributed by atoms with Crippen LogP contribution in [-0.2, 0) is 10.1 Å². The maximum atomic E-state index is 12.5. The zero-order chi connectivity index (χ0) is 20.1. The summed E-state index contributed by atoms with van der Waals surface area (Å²) in [5.41, 5.74) is 4.03. The predicted octanol–water partition coefficient (Wildman–Crippen LogP) is 5.14. The molecular formula is C23H19NO3S. The van der Waals surface area contributed by atoms with Crippen LogP contribution in [-0.4, -0.2) is 8.42 Å². The highest BCUT2D eigenvalue weighted by atomic mass is 32.2. The molecule has 0 atom stereocenters. The standard InChI is InChI=1S/C23H19NO3S/c1-17-6-10-20(11-7-17)21(16-24)14-19-4-3-5-22(15-19)27-28(25,26)23-12-8-18(2)9-13-23/h3-15H,1-2H3/b21-14+. The highest BCUT2D eigenvalue weighted by molar-refractivity contribution is 7.87. The van der Waals surface area contributed by atoms with Gasteiger partial charge in [-0.2, -0.15) is 13.7 Å². The number of aryl methyl sites for hydroxylation is 2. The summed E-state index contributed by atoms with van der Waals surface area (Å²) in [6, 6.07) is 22.9. The Morgan fingerprint density at radius 2 is 1.54 bits per heavy atom. The van der Waals surface area contributed by atoms with E-state index < -0.39 is 10.1 Å². The van der Waals surface area contributed by atoms with Crippen molar-refractivity contribution in [3.8, 4) is 11.8 Å². The van der Waals surface area contributed by atoms with Gasteiger partial charge in [-0.3, -0.25) is 0 Å². The highest BCUT2D eigenvalue weighted by Crippen LogP contribution is 2.23. The Morgan fingerprint density at radius 1 is 0.929 bits per heavy atom. The molecule has 0 saturated carbocycles. The van der Waals surface area contributed by atoms with E-state index in [-0.39, 0.29) is 10.6 Å². The number of hydrogen-bond acceptors (Lipinski definition) is 4. The zero-order valence-corrected chi connectivity index (χ0v) is 16.4. The number of hydrogen-bond donors (Lipinski definition) is 0. The summed E-state index contributed by atoms with van der Waals surface area (Å²) in [7, 11) is -3.92. The lowest BCUT2D eigenvalue weighted by atomic mass is 10.0. The van der Waals surface area contributed by atoms with E-state index in [9.17, 15) is 13.7 Å². The summed E-state index contributed by atoms with van der Waals surface area (Å²) in [4.78, 5) is 0.0939. The van der Waals surface area contributed by atoms with Crippen molar-refractivity contribution in [2.24, 2.45) is 0 Å². The summed E-state index contributed by atoms with van der Waals surface area (Å²) >= 11 is 0. The second-order valence-electron chi connectivity index (χ2n) is 6.46. The summed E-state index contributed by atoms with van der Waals surface area (Å²) < 4.78 is 30.2. The average molecular weight is 389 g/mol. The van der Waals surface area contributed by atoms with Gasteiger partial charge >= 0.3 is 10.1 Å². The lowest BCUT2D eigenvalue weighted by Gasteiger charge is -2.08. The Kier molecular flexibility index (Phi) is 5.62. The number of nitrogens with zero attached hydrogens (tertiary/aromatic N) is 1. The van der Waals surface area contributed by atoms with Crippen LogP contribution in [0.5, 0.6) is 5.75 Å².